The highest BCUT2D eigenvalue weighted by Crippen LogP contribution is 2.41. The Labute approximate surface area is 194 Å². The second-order valence-corrected chi connectivity index (χ2v) is 7.64. The van der Waals surface area contributed by atoms with Gasteiger partial charge in [-0.25, -0.2) is 0 Å². The van der Waals surface area contributed by atoms with Gasteiger partial charge in [0.15, 0.2) is 0 Å². The van der Waals surface area contributed by atoms with E-state index < -0.39 is 24.1 Å². The second-order valence-electron chi connectivity index (χ2n) is 7.64. The van der Waals surface area contributed by atoms with Crippen molar-refractivity contribution in [3.8, 4) is 28.5 Å². The average molecular weight is 447 g/mol. The Hall–Kier alpha value is -4.96. The Bertz CT molecular complexity index is 1470. The Morgan fingerprint density at radius 2 is 1.50 bits per heavy atom. The summed E-state index contributed by atoms with van der Waals surface area (Å²) in [6.07, 6.45) is 0. The summed E-state index contributed by atoms with van der Waals surface area (Å²) in [4.78, 5) is 38.7. The molecule has 0 saturated carbocycles. The predicted octanol–water partition coefficient (Wildman–Crippen LogP) is 4.65. The van der Waals surface area contributed by atoms with Crippen molar-refractivity contribution in [3.63, 3.8) is 0 Å². The van der Waals surface area contributed by atoms with Crippen molar-refractivity contribution in [2.24, 2.45) is 0 Å². The maximum atomic E-state index is 12.9. The minimum atomic E-state index is -0.772. The number of furan rings is 1. The van der Waals surface area contributed by atoms with Crippen molar-refractivity contribution in [2.75, 3.05) is 16.8 Å². The number of nitrogens with zero attached hydrogens (tertiary/aromatic N) is 2. The maximum Gasteiger partial charge on any atom is 0.299 e. The number of fused-ring (bicyclic) bond motifs is 1. The van der Waals surface area contributed by atoms with Gasteiger partial charge in [-0.15, -0.1) is 0 Å². The number of carbonyl (C=O) groups is 3. The van der Waals surface area contributed by atoms with E-state index in [1.165, 1.54) is 0 Å². The zero-order valence-corrected chi connectivity index (χ0v) is 17.8. The third-order valence-corrected chi connectivity index (χ3v) is 5.55. The van der Waals surface area contributed by atoms with Gasteiger partial charge in [0.25, 0.3) is 11.7 Å². The van der Waals surface area contributed by atoms with Crippen LogP contribution in [0.3, 0.4) is 0 Å². The first-order valence-corrected chi connectivity index (χ1v) is 10.5. The fourth-order valence-corrected chi connectivity index (χ4v) is 4.01. The number of rotatable bonds is 5. The first kappa shape index (κ1) is 20.9. The molecule has 1 aliphatic heterocycles. The van der Waals surface area contributed by atoms with Crippen LogP contribution in [0.4, 0.5) is 11.6 Å². The molecule has 0 bridgehead atoms. The number of amides is 2. The largest absolute Gasteiger partial charge is 0.438 e. The zero-order valence-electron chi connectivity index (χ0n) is 17.8. The minimum Gasteiger partial charge on any atom is -0.438 e. The van der Waals surface area contributed by atoms with Gasteiger partial charge in [-0.3, -0.25) is 24.6 Å². The molecule has 0 fully saturated rings. The van der Waals surface area contributed by atoms with Gasteiger partial charge in [0.05, 0.1) is 11.3 Å². The van der Waals surface area contributed by atoms with Crippen LogP contribution in [0.25, 0.3) is 22.5 Å². The number of Topliss-reactive ketones (excluding diaryl/α,β-unsaturated/α-hetero) is 1. The summed E-state index contributed by atoms with van der Waals surface area (Å²) in [6.45, 7) is -0.394. The molecule has 0 radical (unpaired) electrons. The Morgan fingerprint density at radius 3 is 2.18 bits per heavy atom. The summed E-state index contributed by atoms with van der Waals surface area (Å²) >= 11 is 0. The average Bonchev–Trinajstić information content (AvgIpc) is 3.36. The molecule has 1 aliphatic rings. The molecule has 2 amide bonds. The van der Waals surface area contributed by atoms with Gasteiger partial charge in [0, 0.05) is 11.1 Å². The molecule has 34 heavy (non-hydrogen) atoms. The van der Waals surface area contributed by atoms with Crippen LogP contribution < -0.4 is 10.2 Å². The highest BCUT2D eigenvalue weighted by atomic mass is 16.4. The number of anilines is 2. The van der Waals surface area contributed by atoms with Gasteiger partial charge in [0.2, 0.25) is 11.8 Å². The van der Waals surface area contributed by atoms with Gasteiger partial charge in [-0.1, -0.05) is 72.8 Å². The summed E-state index contributed by atoms with van der Waals surface area (Å²) in [7, 11) is 0. The molecule has 2 heterocycles. The van der Waals surface area contributed by atoms with Crippen LogP contribution in [0.2, 0.25) is 0 Å². The Kier molecular flexibility index (Phi) is 5.24. The smallest absolute Gasteiger partial charge is 0.299 e. The SMILES string of the molecule is N#Cc1c(NC(=O)CN2C(=O)C(=O)c3ccccc32)oc(-c2ccccc2)c1-c1ccccc1. The van der Waals surface area contributed by atoms with Crippen LogP contribution in [0, 0.1) is 11.3 Å². The second kappa shape index (κ2) is 8.52. The number of hydrogen-bond acceptors (Lipinski definition) is 5. The van der Waals surface area contributed by atoms with Crippen molar-refractivity contribution in [2.45, 2.75) is 0 Å². The van der Waals surface area contributed by atoms with Crippen LogP contribution in [-0.2, 0) is 9.59 Å². The molecule has 5 rings (SSSR count). The summed E-state index contributed by atoms with van der Waals surface area (Å²) in [5.41, 5.74) is 2.87. The molecule has 0 aliphatic carbocycles. The number of nitrogens with one attached hydrogen (secondary N) is 1. The summed E-state index contributed by atoms with van der Waals surface area (Å²) in [5.74, 6) is -1.60. The van der Waals surface area contributed by atoms with E-state index in [4.69, 9.17) is 4.42 Å². The Balaban J connectivity index is 1.51. The molecular weight excluding hydrogens is 430 g/mol. The molecule has 7 heteroatoms. The minimum absolute atomic E-state index is 0.0172. The summed E-state index contributed by atoms with van der Waals surface area (Å²) in [6, 6.07) is 27.2. The van der Waals surface area contributed by atoms with Crippen LogP contribution in [0.5, 0.6) is 0 Å². The fraction of sp³-hybridized carbons (Fsp3) is 0.0370. The monoisotopic (exact) mass is 447 g/mol. The lowest BCUT2D eigenvalue weighted by molar-refractivity contribution is -0.118. The molecule has 7 nitrogen and oxygen atoms in total. The Morgan fingerprint density at radius 1 is 0.882 bits per heavy atom. The van der Waals surface area contributed by atoms with E-state index in [0.29, 0.717) is 17.0 Å². The van der Waals surface area contributed by atoms with Crippen molar-refractivity contribution in [1.82, 2.24) is 0 Å². The number of para-hydroxylation sites is 1. The third kappa shape index (κ3) is 3.53. The van der Waals surface area contributed by atoms with Crippen LogP contribution in [0.15, 0.2) is 89.3 Å². The summed E-state index contributed by atoms with van der Waals surface area (Å²) in [5, 5.41) is 12.6. The van der Waals surface area contributed by atoms with E-state index in [1.807, 2.05) is 60.7 Å². The number of hydrogen-bond donors (Lipinski definition) is 1. The van der Waals surface area contributed by atoms with E-state index in [1.54, 1.807) is 24.3 Å². The van der Waals surface area contributed by atoms with E-state index in [2.05, 4.69) is 11.4 Å². The van der Waals surface area contributed by atoms with Crippen molar-refractivity contribution in [3.05, 3.63) is 96.1 Å². The molecule has 0 unspecified atom stereocenters. The molecule has 0 spiro atoms. The first-order valence-electron chi connectivity index (χ1n) is 10.5. The maximum absolute atomic E-state index is 12.9. The normalized spacial score (nSPS) is 12.4. The molecule has 1 N–H and O–H groups in total. The highest BCUT2D eigenvalue weighted by molar-refractivity contribution is 6.52. The summed E-state index contributed by atoms with van der Waals surface area (Å²) < 4.78 is 6.01. The molecule has 3 aromatic carbocycles. The van der Waals surface area contributed by atoms with E-state index in [-0.39, 0.29) is 17.0 Å². The highest BCUT2D eigenvalue weighted by Gasteiger charge is 2.36. The van der Waals surface area contributed by atoms with Gasteiger partial charge in [-0.05, 0) is 17.7 Å². The molecular formula is C27H17N3O4. The molecule has 164 valence electrons. The fourth-order valence-electron chi connectivity index (χ4n) is 4.01. The van der Waals surface area contributed by atoms with Gasteiger partial charge in [0.1, 0.15) is 23.9 Å². The number of benzene rings is 3. The van der Waals surface area contributed by atoms with E-state index >= 15 is 0 Å². The van der Waals surface area contributed by atoms with Gasteiger partial charge in [-0.2, -0.15) is 5.26 Å². The zero-order chi connectivity index (χ0) is 23.7. The van der Waals surface area contributed by atoms with Crippen molar-refractivity contribution >= 4 is 29.2 Å². The standard InChI is InChI=1S/C27H17N3O4/c28-15-20-23(17-9-3-1-4-10-17)25(18-11-5-2-6-12-18)34-26(20)29-22(31)16-30-21-14-8-7-13-19(21)24(32)27(30)33/h1-14H,16H2,(H,29,31). The first-order chi connectivity index (χ1) is 16.6. The van der Waals surface area contributed by atoms with Gasteiger partial charge < -0.3 is 4.42 Å². The van der Waals surface area contributed by atoms with Crippen molar-refractivity contribution < 1.29 is 18.8 Å². The number of carbonyl (C=O) groups excluding carboxylic acids is 3. The van der Waals surface area contributed by atoms with E-state index in [0.717, 1.165) is 16.0 Å². The van der Waals surface area contributed by atoms with Crippen LogP contribution in [-0.4, -0.2) is 24.1 Å². The third-order valence-electron chi connectivity index (χ3n) is 5.55. The predicted molar refractivity (Wildman–Crippen MR) is 126 cm³/mol. The molecule has 0 atom stereocenters. The molecule has 0 saturated heterocycles. The van der Waals surface area contributed by atoms with Crippen LogP contribution in [0.1, 0.15) is 15.9 Å². The van der Waals surface area contributed by atoms with E-state index in [9.17, 15) is 19.6 Å². The number of ketones is 1. The van der Waals surface area contributed by atoms with Crippen molar-refractivity contribution in [1.29, 1.82) is 5.26 Å². The topological polar surface area (TPSA) is 103 Å². The lowest BCUT2D eigenvalue weighted by Crippen LogP contribution is -2.37. The number of nitriles is 1. The quantitative estimate of drug-likeness (QED) is 0.449. The lowest BCUT2D eigenvalue weighted by atomic mass is 9.98. The molecule has 4 aromatic rings. The van der Waals surface area contributed by atoms with Gasteiger partial charge >= 0.3 is 0 Å². The molecule has 1 aromatic heterocycles. The lowest BCUT2D eigenvalue weighted by Gasteiger charge is -2.15. The van der Waals surface area contributed by atoms with Crippen LogP contribution >= 0.6 is 0 Å².